The molecule has 0 aromatic carbocycles. The SMILES string of the molecule is CCCCC/C=C/CC/C=C/CC/C=C/CCCC(O)C(O)C(CO)NC(=O)C(O)CCCCCCCCCCCCCCCCCCCCCCCCCCCCCC. The molecule has 0 spiro atoms. The summed E-state index contributed by atoms with van der Waals surface area (Å²) in [4.78, 5) is 12.6. The van der Waals surface area contributed by atoms with Gasteiger partial charge in [0.1, 0.15) is 12.2 Å². The van der Waals surface area contributed by atoms with Crippen LogP contribution >= 0.6 is 0 Å². The van der Waals surface area contributed by atoms with E-state index in [1.165, 1.54) is 186 Å². The van der Waals surface area contributed by atoms with Crippen LogP contribution in [0, 0.1) is 0 Å². The van der Waals surface area contributed by atoms with Gasteiger partial charge in [0.25, 0.3) is 0 Å². The van der Waals surface area contributed by atoms with Gasteiger partial charge in [0, 0.05) is 0 Å². The van der Waals surface area contributed by atoms with Crippen LogP contribution in [0.25, 0.3) is 0 Å². The van der Waals surface area contributed by atoms with Gasteiger partial charge in [0.2, 0.25) is 5.91 Å². The normalized spacial score (nSPS) is 14.2. The van der Waals surface area contributed by atoms with Gasteiger partial charge in [-0.2, -0.15) is 0 Å². The highest BCUT2D eigenvalue weighted by Gasteiger charge is 2.28. The van der Waals surface area contributed by atoms with Crippen LogP contribution in [-0.2, 0) is 4.79 Å². The van der Waals surface area contributed by atoms with Gasteiger partial charge in [0.05, 0.1) is 18.8 Å². The summed E-state index contributed by atoms with van der Waals surface area (Å²) in [6.45, 7) is 4.03. The van der Waals surface area contributed by atoms with E-state index in [4.69, 9.17) is 0 Å². The van der Waals surface area contributed by atoms with Crippen LogP contribution in [0.4, 0.5) is 0 Å². The fourth-order valence-corrected chi connectivity index (χ4v) is 8.14. The molecule has 6 nitrogen and oxygen atoms in total. The molecule has 0 bridgehead atoms. The molecule has 6 heteroatoms. The molecular formula is C54H103NO5. The molecule has 0 fully saturated rings. The van der Waals surface area contributed by atoms with Crippen molar-refractivity contribution in [1.82, 2.24) is 5.32 Å². The Kier molecular flexibility index (Phi) is 47.4. The molecule has 60 heavy (non-hydrogen) atoms. The number of carbonyl (C=O) groups is 1. The first-order chi connectivity index (χ1) is 29.5. The van der Waals surface area contributed by atoms with Crippen LogP contribution in [0.3, 0.4) is 0 Å². The van der Waals surface area contributed by atoms with E-state index in [9.17, 15) is 25.2 Å². The van der Waals surface area contributed by atoms with Crippen LogP contribution in [0.2, 0.25) is 0 Å². The molecule has 354 valence electrons. The molecule has 0 aromatic heterocycles. The van der Waals surface area contributed by atoms with Crippen molar-refractivity contribution >= 4 is 5.91 Å². The van der Waals surface area contributed by atoms with E-state index < -0.39 is 36.9 Å². The van der Waals surface area contributed by atoms with Crippen LogP contribution in [0.15, 0.2) is 36.5 Å². The lowest BCUT2D eigenvalue weighted by molar-refractivity contribution is -0.132. The first-order valence-corrected chi connectivity index (χ1v) is 26.4. The zero-order valence-electron chi connectivity index (χ0n) is 40.0. The predicted octanol–water partition coefficient (Wildman–Crippen LogP) is 14.9. The van der Waals surface area contributed by atoms with Crippen LogP contribution < -0.4 is 5.32 Å². The summed E-state index contributed by atoms with van der Waals surface area (Å²) in [5, 5.41) is 43.8. The molecule has 0 aromatic rings. The number of hydrogen-bond donors (Lipinski definition) is 5. The van der Waals surface area contributed by atoms with Crippen molar-refractivity contribution in [2.24, 2.45) is 0 Å². The van der Waals surface area contributed by atoms with E-state index in [0.717, 1.165) is 51.4 Å². The summed E-state index contributed by atoms with van der Waals surface area (Å²) < 4.78 is 0. The zero-order valence-corrected chi connectivity index (χ0v) is 40.0. The van der Waals surface area contributed by atoms with E-state index in [1.807, 2.05) is 0 Å². The largest absolute Gasteiger partial charge is 0.394 e. The molecule has 1 amide bonds. The topological polar surface area (TPSA) is 110 Å². The van der Waals surface area contributed by atoms with Gasteiger partial charge >= 0.3 is 0 Å². The molecule has 0 aliphatic carbocycles. The van der Waals surface area contributed by atoms with Crippen molar-refractivity contribution in [3.8, 4) is 0 Å². The van der Waals surface area contributed by atoms with Gasteiger partial charge in [-0.25, -0.2) is 0 Å². The summed E-state index contributed by atoms with van der Waals surface area (Å²) in [5.74, 6) is -0.596. The number of amides is 1. The summed E-state index contributed by atoms with van der Waals surface area (Å²) in [6, 6.07) is -1.01. The minimum Gasteiger partial charge on any atom is -0.394 e. The molecule has 4 atom stereocenters. The van der Waals surface area contributed by atoms with Crippen LogP contribution in [0.1, 0.15) is 271 Å². The van der Waals surface area contributed by atoms with Gasteiger partial charge in [-0.15, -0.1) is 0 Å². The molecule has 0 aliphatic heterocycles. The Morgan fingerprint density at radius 1 is 0.400 bits per heavy atom. The van der Waals surface area contributed by atoms with E-state index >= 15 is 0 Å². The summed E-state index contributed by atoms with van der Waals surface area (Å²) >= 11 is 0. The van der Waals surface area contributed by atoms with E-state index in [2.05, 4.69) is 55.6 Å². The fourth-order valence-electron chi connectivity index (χ4n) is 8.14. The lowest BCUT2D eigenvalue weighted by Crippen LogP contribution is -2.53. The molecule has 0 saturated heterocycles. The van der Waals surface area contributed by atoms with Crippen molar-refractivity contribution in [2.45, 2.75) is 295 Å². The summed E-state index contributed by atoms with van der Waals surface area (Å²) in [5.41, 5.74) is 0. The highest BCUT2D eigenvalue weighted by molar-refractivity contribution is 5.80. The quantitative estimate of drug-likeness (QED) is 0.0309. The fraction of sp³-hybridized carbons (Fsp3) is 0.870. The van der Waals surface area contributed by atoms with Gasteiger partial charge in [0.15, 0.2) is 0 Å². The van der Waals surface area contributed by atoms with Crippen molar-refractivity contribution in [1.29, 1.82) is 0 Å². The Hall–Kier alpha value is -1.47. The molecule has 0 saturated carbocycles. The van der Waals surface area contributed by atoms with E-state index in [0.29, 0.717) is 19.3 Å². The van der Waals surface area contributed by atoms with Crippen molar-refractivity contribution in [2.75, 3.05) is 6.61 Å². The Balaban J connectivity index is 3.64. The Bertz CT molecular complexity index is 950. The smallest absolute Gasteiger partial charge is 0.249 e. The monoisotopic (exact) mass is 846 g/mol. The molecule has 5 N–H and O–H groups in total. The number of allylic oxidation sites excluding steroid dienone is 6. The second-order valence-corrected chi connectivity index (χ2v) is 18.2. The Labute approximate surface area is 373 Å². The van der Waals surface area contributed by atoms with Crippen molar-refractivity contribution < 1.29 is 25.2 Å². The van der Waals surface area contributed by atoms with E-state index in [-0.39, 0.29) is 0 Å². The lowest BCUT2D eigenvalue weighted by Gasteiger charge is -2.27. The second kappa shape index (κ2) is 48.6. The third kappa shape index (κ3) is 41.9. The average Bonchev–Trinajstić information content (AvgIpc) is 3.25. The highest BCUT2D eigenvalue weighted by Crippen LogP contribution is 2.17. The first-order valence-electron chi connectivity index (χ1n) is 26.4. The van der Waals surface area contributed by atoms with Crippen LogP contribution in [-0.4, -0.2) is 57.3 Å². The minimum absolute atomic E-state index is 0.362. The molecule has 0 radical (unpaired) electrons. The lowest BCUT2D eigenvalue weighted by atomic mass is 10.00. The number of rotatable bonds is 48. The number of hydrogen-bond acceptors (Lipinski definition) is 5. The molecular weight excluding hydrogens is 743 g/mol. The minimum atomic E-state index is -1.29. The maximum Gasteiger partial charge on any atom is 0.249 e. The first kappa shape index (κ1) is 58.5. The van der Waals surface area contributed by atoms with Gasteiger partial charge in [-0.05, 0) is 64.2 Å². The maximum absolute atomic E-state index is 12.6. The highest BCUT2D eigenvalue weighted by atomic mass is 16.3. The standard InChI is InChI=1S/C54H103NO5/c1-3-5-7-9-11-13-15-17-19-21-22-23-24-25-26-27-28-29-30-31-32-34-36-38-40-42-44-46-48-52(58)54(60)55-50(49-56)53(59)51(57)47-45-43-41-39-37-35-33-20-18-16-14-12-10-8-6-4-2/h12,14,20,33,39,41,50-53,56-59H,3-11,13,15-19,21-32,34-38,40,42-49H2,1-2H3,(H,55,60)/b14-12+,33-20+,41-39+. The Morgan fingerprint density at radius 2 is 0.700 bits per heavy atom. The Morgan fingerprint density at radius 3 is 1.05 bits per heavy atom. The van der Waals surface area contributed by atoms with Gasteiger partial charge in [-0.1, -0.05) is 243 Å². The summed E-state index contributed by atoms with van der Waals surface area (Å²) in [6.07, 6.45) is 59.2. The van der Waals surface area contributed by atoms with Crippen LogP contribution in [0.5, 0.6) is 0 Å². The third-order valence-electron chi connectivity index (χ3n) is 12.3. The van der Waals surface area contributed by atoms with Crippen molar-refractivity contribution in [3.05, 3.63) is 36.5 Å². The molecule has 0 heterocycles. The number of aliphatic hydroxyl groups is 4. The number of unbranched alkanes of at least 4 members (excludes halogenated alkanes) is 33. The molecule has 0 rings (SSSR count). The predicted molar refractivity (Wildman–Crippen MR) is 260 cm³/mol. The van der Waals surface area contributed by atoms with Gasteiger partial charge in [-0.3, -0.25) is 4.79 Å². The average molecular weight is 846 g/mol. The molecule has 4 unspecified atom stereocenters. The number of aliphatic hydroxyl groups excluding tert-OH is 4. The summed E-state index contributed by atoms with van der Waals surface area (Å²) in [7, 11) is 0. The van der Waals surface area contributed by atoms with E-state index in [1.54, 1.807) is 0 Å². The number of nitrogens with one attached hydrogen (secondary N) is 1. The van der Waals surface area contributed by atoms with Crippen molar-refractivity contribution in [3.63, 3.8) is 0 Å². The van der Waals surface area contributed by atoms with Gasteiger partial charge < -0.3 is 25.7 Å². The number of carbonyl (C=O) groups excluding carboxylic acids is 1. The zero-order chi connectivity index (χ0) is 43.8. The third-order valence-corrected chi connectivity index (χ3v) is 12.3. The second-order valence-electron chi connectivity index (χ2n) is 18.2. The maximum atomic E-state index is 12.6. The molecule has 0 aliphatic rings.